The van der Waals surface area contributed by atoms with E-state index in [1.165, 1.54) is 18.9 Å². The number of hydrogen-bond acceptors (Lipinski definition) is 2. The number of halogens is 2. The monoisotopic (exact) mass is 271 g/mol. The summed E-state index contributed by atoms with van der Waals surface area (Å²) in [5, 5.41) is 0.152. The van der Waals surface area contributed by atoms with Crippen LogP contribution in [0.4, 0.5) is 4.39 Å². The Labute approximate surface area is 112 Å². The number of benzene rings is 1. The maximum atomic E-state index is 13.1. The Hall–Kier alpha value is -0.640. The molecule has 0 aromatic heterocycles. The first-order chi connectivity index (χ1) is 8.61. The van der Waals surface area contributed by atoms with Gasteiger partial charge in [0.25, 0.3) is 0 Å². The largest absolute Gasteiger partial charge is 0.377 e. The molecule has 2 N–H and O–H groups in total. The summed E-state index contributed by atoms with van der Waals surface area (Å²) in [6.45, 7) is 2.66. The third kappa shape index (κ3) is 3.44. The van der Waals surface area contributed by atoms with Gasteiger partial charge in [0.05, 0.1) is 11.1 Å². The Kier molecular flexibility index (Phi) is 4.60. The van der Waals surface area contributed by atoms with E-state index in [4.69, 9.17) is 22.1 Å². The normalized spacial score (nSPS) is 18.7. The zero-order valence-electron chi connectivity index (χ0n) is 10.5. The maximum absolute atomic E-state index is 13.1. The summed E-state index contributed by atoms with van der Waals surface area (Å²) < 4.78 is 18.8. The molecule has 0 amide bonds. The molecule has 1 saturated carbocycles. The molecule has 1 fully saturated rings. The highest BCUT2D eigenvalue weighted by molar-refractivity contribution is 6.30. The lowest BCUT2D eigenvalue weighted by molar-refractivity contribution is 0.0288. The van der Waals surface area contributed by atoms with Crippen LogP contribution in [0.15, 0.2) is 18.2 Å². The van der Waals surface area contributed by atoms with Crippen LogP contribution in [0, 0.1) is 11.7 Å². The summed E-state index contributed by atoms with van der Waals surface area (Å²) in [4.78, 5) is 0. The number of hydrogen-bond donors (Lipinski definition) is 1. The van der Waals surface area contributed by atoms with Gasteiger partial charge in [0.15, 0.2) is 0 Å². The summed E-state index contributed by atoms with van der Waals surface area (Å²) in [5.74, 6) is 0.202. The van der Waals surface area contributed by atoms with Crippen molar-refractivity contribution >= 4 is 11.6 Å². The van der Waals surface area contributed by atoms with E-state index in [1.54, 1.807) is 12.1 Å². The van der Waals surface area contributed by atoms with Crippen molar-refractivity contribution < 1.29 is 9.13 Å². The van der Waals surface area contributed by atoms with Crippen molar-refractivity contribution in [3.8, 4) is 0 Å². The fraction of sp³-hybridized carbons (Fsp3) is 0.571. The highest BCUT2D eigenvalue weighted by Crippen LogP contribution is 2.36. The molecular weight excluding hydrogens is 253 g/mol. The minimum Gasteiger partial charge on any atom is -0.377 e. The molecule has 1 aromatic rings. The lowest BCUT2D eigenvalue weighted by atomic mass is 9.99. The molecular formula is C14H19ClFNO. The Morgan fingerprint density at radius 1 is 1.50 bits per heavy atom. The van der Waals surface area contributed by atoms with Crippen molar-refractivity contribution in [2.45, 2.75) is 38.3 Å². The molecule has 2 rings (SSSR count). The first-order valence-corrected chi connectivity index (χ1v) is 6.80. The van der Waals surface area contributed by atoms with Crippen LogP contribution < -0.4 is 5.73 Å². The molecule has 1 aromatic carbocycles. The summed E-state index contributed by atoms with van der Waals surface area (Å²) in [5.41, 5.74) is 7.16. The lowest BCUT2D eigenvalue weighted by Crippen LogP contribution is -2.40. The summed E-state index contributed by atoms with van der Waals surface area (Å²) in [6.07, 6.45) is 3.17. The van der Waals surface area contributed by atoms with E-state index in [-0.39, 0.29) is 17.2 Å². The van der Waals surface area contributed by atoms with Gasteiger partial charge in [-0.05, 0) is 49.8 Å². The van der Waals surface area contributed by atoms with Gasteiger partial charge >= 0.3 is 0 Å². The van der Waals surface area contributed by atoms with E-state index >= 15 is 0 Å². The Bertz CT molecular complexity index is 409. The molecule has 2 unspecified atom stereocenters. The predicted molar refractivity (Wildman–Crippen MR) is 71.2 cm³/mol. The van der Waals surface area contributed by atoms with Gasteiger partial charge in [-0.15, -0.1) is 0 Å². The molecule has 18 heavy (non-hydrogen) atoms. The van der Waals surface area contributed by atoms with Crippen LogP contribution in [0.3, 0.4) is 0 Å². The average molecular weight is 272 g/mol. The minimum atomic E-state index is -0.391. The lowest BCUT2D eigenvalue weighted by Gasteiger charge is -2.23. The molecule has 0 heterocycles. The highest BCUT2D eigenvalue weighted by Gasteiger charge is 2.35. The molecule has 4 heteroatoms. The zero-order chi connectivity index (χ0) is 13.1. The van der Waals surface area contributed by atoms with Crippen LogP contribution in [0.5, 0.6) is 0 Å². The van der Waals surface area contributed by atoms with E-state index < -0.39 is 5.82 Å². The van der Waals surface area contributed by atoms with E-state index in [9.17, 15) is 4.39 Å². The third-order valence-corrected chi connectivity index (χ3v) is 3.61. The van der Waals surface area contributed by atoms with Crippen molar-refractivity contribution in [3.05, 3.63) is 34.6 Å². The smallest absolute Gasteiger partial charge is 0.141 e. The molecule has 0 spiro atoms. The molecule has 0 radical (unpaired) electrons. The number of rotatable bonds is 6. The first-order valence-electron chi connectivity index (χ1n) is 6.43. The van der Waals surface area contributed by atoms with Crippen molar-refractivity contribution in [3.63, 3.8) is 0 Å². The molecule has 0 saturated heterocycles. The van der Waals surface area contributed by atoms with Gasteiger partial charge in [-0.2, -0.15) is 0 Å². The maximum Gasteiger partial charge on any atom is 0.141 e. The van der Waals surface area contributed by atoms with Gasteiger partial charge < -0.3 is 10.5 Å². The van der Waals surface area contributed by atoms with E-state index in [2.05, 4.69) is 0 Å². The second-order valence-corrected chi connectivity index (χ2v) is 5.28. The summed E-state index contributed by atoms with van der Waals surface area (Å²) in [6, 6.07) is 4.71. The van der Waals surface area contributed by atoms with Gasteiger partial charge in [-0.3, -0.25) is 0 Å². The van der Waals surface area contributed by atoms with Crippen LogP contribution in [-0.2, 0) is 11.2 Å². The zero-order valence-corrected chi connectivity index (χ0v) is 11.3. The molecule has 2 nitrogen and oxygen atoms in total. The van der Waals surface area contributed by atoms with E-state index in [1.807, 2.05) is 6.92 Å². The number of ether oxygens (including phenoxy) is 1. The van der Waals surface area contributed by atoms with Crippen molar-refractivity contribution in [1.82, 2.24) is 0 Å². The number of nitrogens with two attached hydrogens (primary N) is 1. The van der Waals surface area contributed by atoms with E-state index in [0.717, 1.165) is 5.56 Å². The Morgan fingerprint density at radius 2 is 2.22 bits per heavy atom. The molecule has 1 aliphatic rings. The standard InChI is InChI=1S/C14H19ClFNO/c1-2-18-14(10-4-5-10)13(17)8-9-3-6-12(16)11(15)7-9/h3,6-7,10,13-14H,2,4-5,8,17H2,1H3. The second-order valence-electron chi connectivity index (χ2n) is 4.87. The first kappa shape index (κ1) is 13.8. The van der Waals surface area contributed by atoms with Crippen LogP contribution in [0.1, 0.15) is 25.3 Å². The van der Waals surface area contributed by atoms with Crippen LogP contribution in [-0.4, -0.2) is 18.8 Å². The van der Waals surface area contributed by atoms with Gasteiger partial charge in [0, 0.05) is 12.6 Å². The Morgan fingerprint density at radius 3 is 2.78 bits per heavy atom. The molecule has 0 bridgehead atoms. The van der Waals surface area contributed by atoms with Crippen LogP contribution >= 0.6 is 11.6 Å². The van der Waals surface area contributed by atoms with E-state index in [0.29, 0.717) is 18.9 Å². The third-order valence-electron chi connectivity index (χ3n) is 3.32. The van der Waals surface area contributed by atoms with Crippen LogP contribution in [0.2, 0.25) is 5.02 Å². The fourth-order valence-corrected chi connectivity index (χ4v) is 2.48. The van der Waals surface area contributed by atoms with Crippen molar-refractivity contribution in [2.24, 2.45) is 11.7 Å². The summed E-state index contributed by atoms with van der Waals surface area (Å²) >= 11 is 5.77. The molecule has 1 aliphatic carbocycles. The minimum absolute atomic E-state index is 0.0565. The van der Waals surface area contributed by atoms with Crippen LogP contribution in [0.25, 0.3) is 0 Å². The predicted octanol–water partition coefficient (Wildman–Crippen LogP) is 3.16. The highest BCUT2D eigenvalue weighted by atomic mass is 35.5. The quantitative estimate of drug-likeness (QED) is 0.863. The average Bonchev–Trinajstić information content (AvgIpc) is 3.15. The SMILES string of the molecule is CCOC(C(N)Cc1ccc(F)c(Cl)c1)C1CC1. The second kappa shape index (κ2) is 6.00. The van der Waals surface area contributed by atoms with Crippen molar-refractivity contribution in [1.29, 1.82) is 0 Å². The topological polar surface area (TPSA) is 35.2 Å². The van der Waals surface area contributed by atoms with Gasteiger partial charge in [-0.1, -0.05) is 17.7 Å². The van der Waals surface area contributed by atoms with Crippen molar-refractivity contribution in [2.75, 3.05) is 6.61 Å². The van der Waals surface area contributed by atoms with Gasteiger partial charge in [-0.25, -0.2) is 4.39 Å². The molecule has 2 atom stereocenters. The van der Waals surface area contributed by atoms with Gasteiger partial charge in [0.2, 0.25) is 0 Å². The fourth-order valence-electron chi connectivity index (χ4n) is 2.28. The molecule has 100 valence electrons. The Balaban J connectivity index is 2.00. The van der Waals surface area contributed by atoms with Gasteiger partial charge in [0.1, 0.15) is 5.82 Å². The summed E-state index contributed by atoms with van der Waals surface area (Å²) in [7, 11) is 0. The molecule has 0 aliphatic heterocycles.